The Kier molecular flexibility index (Phi) is 5.82. The molecule has 1 rings (SSSR count). The third kappa shape index (κ3) is 4.38. The topological polar surface area (TPSA) is 58.6 Å². The highest BCUT2D eigenvalue weighted by Gasteiger charge is 2.44. The zero-order valence-corrected chi connectivity index (χ0v) is 12.1. The number of hydrogen-bond donors (Lipinski definition) is 2. The second kappa shape index (κ2) is 6.94. The van der Waals surface area contributed by atoms with Crippen molar-refractivity contribution in [2.75, 3.05) is 19.0 Å². The first-order valence-corrected chi connectivity index (χ1v) is 6.36. The van der Waals surface area contributed by atoms with Gasteiger partial charge in [0.25, 0.3) is 0 Å². The Hall–Kier alpha value is -1.28. The van der Waals surface area contributed by atoms with E-state index in [2.05, 4.69) is 21.2 Å². The van der Waals surface area contributed by atoms with Gasteiger partial charge in [0.1, 0.15) is 0 Å². The number of carboxylic acids is 1. The molecule has 2 N–H and O–H groups in total. The van der Waals surface area contributed by atoms with Crippen LogP contribution in [0.5, 0.6) is 0 Å². The number of anilines is 1. The predicted octanol–water partition coefficient (Wildman–Crippen LogP) is 3.27. The van der Waals surface area contributed by atoms with Gasteiger partial charge in [0.15, 0.2) is 5.92 Å². The van der Waals surface area contributed by atoms with Crippen LogP contribution in [-0.2, 0) is 16.1 Å². The van der Waals surface area contributed by atoms with Crippen molar-refractivity contribution < 1.29 is 27.8 Å². The Morgan fingerprint density at radius 1 is 1.50 bits per heavy atom. The van der Waals surface area contributed by atoms with Crippen molar-refractivity contribution in [1.82, 2.24) is 0 Å². The van der Waals surface area contributed by atoms with Gasteiger partial charge in [0.2, 0.25) is 0 Å². The first-order valence-electron chi connectivity index (χ1n) is 5.57. The van der Waals surface area contributed by atoms with Gasteiger partial charge >= 0.3 is 12.1 Å². The van der Waals surface area contributed by atoms with E-state index in [0.29, 0.717) is 15.7 Å². The number of benzene rings is 1. The van der Waals surface area contributed by atoms with E-state index in [-0.39, 0.29) is 6.61 Å². The number of carboxylic acid groups (broad SMARTS) is 1. The molecule has 1 aromatic rings. The number of halogens is 4. The molecule has 0 bridgehead atoms. The van der Waals surface area contributed by atoms with Crippen LogP contribution in [0.3, 0.4) is 0 Å². The molecule has 0 fully saturated rings. The Morgan fingerprint density at radius 2 is 2.15 bits per heavy atom. The first-order chi connectivity index (χ1) is 9.27. The molecule has 0 aliphatic carbocycles. The summed E-state index contributed by atoms with van der Waals surface area (Å²) in [6, 6.07) is 4.92. The molecule has 0 aliphatic heterocycles. The molecule has 0 radical (unpaired) electrons. The fourth-order valence-corrected chi connectivity index (χ4v) is 2.05. The standard InChI is InChI=1S/C12H13BrF3NO3/c1-20-6-7-9(13)3-2-4-10(7)17-5-8(11(18)19)12(14,15)16/h2-4,8,17H,5-6H2,1H3,(H,18,19). The molecule has 112 valence electrons. The zero-order valence-electron chi connectivity index (χ0n) is 10.5. The average Bonchev–Trinajstić information content (AvgIpc) is 2.31. The van der Waals surface area contributed by atoms with Crippen LogP contribution in [0.2, 0.25) is 0 Å². The van der Waals surface area contributed by atoms with Gasteiger partial charge in [-0.3, -0.25) is 4.79 Å². The van der Waals surface area contributed by atoms with Gasteiger partial charge in [-0.1, -0.05) is 22.0 Å². The lowest BCUT2D eigenvalue weighted by Gasteiger charge is -2.19. The van der Waals surface area contributed by atoms with E-state index in [1.165, 1.54) is 7.11 Å². The molecule has 8 heteroatoms. The SMILES string of the molecule is COCc1c(Br)cccc1NCC(C(=O)O)C(F)(F)F. The molecule has 0 saturated carbocycles. The van der Waals surface area contributed by atoms with Crippen LogP contribution in [0.15, 0.2) is 22.7 Å². The fourth-order valence-electron chi connectivity index (χ4n) is 1.57. The lowest BCUT2D eigenvalue weighted by atomic mass is 10.1. The van der Waals surface area contributed by atoms with Crippen molar-refractivity contribution in [3.05, 3.63) is 28.2 Å². The molecule has 1 aromatic carbocycles. The lowest BCUT2D eigenvalue weighted by Crippen LogP contribution is -2.36. The van der Waals surface area contributed by atoms with Crippen molar-refractivity contribution >= 4 is 27.6 Å². The quantitative estimate of drug-likeness (QED) is 0.822. The van der Waals surface area contributed by atoms with Crippen molar-refractivity contribution in [3.8, 4) is 0 Å². The molecule has 0 amide bonds. The minimum Gasteiger partial charge on any atom is -0.481 e. The van der Waals surface area contributed by atoms with Crippen LogP contribution < -0.4 is 5.32 Å². The minimum atomic E-state index is -4.80. The monoisotopic (exact) mass is 355 g/mol. The van der Waals surface area contributed by atoms with Crippen LogP contribution in [0.1, 0.15) is 5.56 Å². The zero-order chi connectivity index (χ0) is 15.3. The summed E-state index contributed by atoms with van der Waals surface area (Å²) >= 11 is 3.27. The summed E-state index contributed by atoms with van der Waals surface area (Å²) in [5, 5.41) is 11.1. The molecule has 1 unspecified atom stereocenters. The molecule has 0 heterocycles. The molecule has 0 aliphatic rings. The van der Waals surface area contributed by atoms with Crippen molar-refractivity contribution in [1.29, 1.82) is 0 Å². The summed E-state index contributed by atoms with van der Waals surface area (Å²) in [5.41, 5.74) is 1.03. The number of aliphatic carboxylic acids is 1. The molecule has 4 nitrogen and oxygen atoms in total. The average molecular weight is 356 g/mol. The third-order valence-corrected chi connectivity index (χ3v) is 3.34. The molecule has 0 aromatic heterocycles. The van der Waals surface area contributed by atoms with Gasteiger partial charge in [-0.25, -0.2) is 0 Å². The molecule has 20 heavy (non-hydrogen) atoms. The van der Waals surface area contributed by atoms with E-state index in [4.69, 9.17) is 9.84 Å². The summed E-state index contributed by atoms with van der Waals surface area (Å²) in [6.07, 6.45) is -4.80. The van der Waals surface area contributed by atoms with Gasteiger partial charge in [-0.05, 0) is 12.1 Å². The molecular formula is C12H13BrF3NO3. The van der Waals surface area contributed by atoms with E-state index in [0.717, 1.165) is 0 Å². The van der Waals surface area contributed by atoms with Crippen LogP contribution >= 0.6 is 15.9 Å². The smallest absolute Gasteiger partial charge is 0.403 e. The fraction of sp³-hybridized carbons (Fsp3) is 0.417. The Morgan fingerprint density at radius 3 is 2.65 bits per heavy atom. The van der Waals surface area contributed by atoms with Gasteiger partial charge < -0.3 is 15.2 Å². The van der Waals surface area contributed by atoms with Gasteiger partial charge in [0, 0.05) is 29.4 Å². The Labute approximate surface area is 122 Å². The maximum absolute atomic E-state index is 12.5. The van der Waals surface area contributed by atoms with E-state index in [1.54, 1.807) is 18.2 Å². The van der Waals surface area contributed by atoms with Crippen LogP contribution in [0.4, 0.5) is 18.9 Å². The molecule has 0 spiro atoms. The van der Waals surface area contributed by atoms with Crippen molar-refractivity contribution in [2.45, 2.75) is 12.8 Å². The molecule has 1 atom stereocenters. The largest absolute Gasteiger partial charge is 0.481 e. The second-order valence-corrected chi connectivity index (χ2v) is 4.87. The number of methoxy groups -OCH3 is 1. The number of rotatable bonds is 6. The Balaban J connectivity index is 2.88. The summed E-state index contributed by atoms with van der Waals surface area (Å²) < 4.78 is 43.3. The lowest BCUT2D eigenvalue weighted by molar-refractivity contribution is -0.190. The summed E-state index contributed by atoms with van der Waals surface area (Å²) in [4.78, 5) is 10.7. The van der Waals surface area contributed by atoms with Crippen molar-refractivity contribution in [3.63, 3.8) is 0 Å². The summed E-state index contributed by atoms with van der Waals surface area (Å²) in [6.45, 7) is -0.556. The van der Waals surface area contributed by atoms with Crippen LogP contribution in [0, 0.1) is 5.92 Å². The number of nitrogens with one attached hydrogen (secondary N) is 1. The van der Waals surface area contributed by atoms with E-state index in [9.17, 15) is 18.0 Å². The number of hydrogen-bond acceptors (Lipinski definition) is 3. The maximum Gasteiger partial charge on any atom is 0.403 e. The van der Waals surface area contributed by atoms with Gasteiger partial charge in [-0.2, -0.15) is 13.2 Å². The Bertz CT molecular complexity index is 480. The predicted molar refractivity (Wildman–Crippen MR) is 70.5 cm³/mol. The highest BCUT2D eigenvalue weighted by atomic mass is 79.9. The highest BCUT2D eigenvalue weighted by Crippen LogP contribution is 2.29. The van der Waals surface area contributed by atoms with Gasteiger partial charge in [0.05, 0.1) is 6.61 Å². The third-order valence-electron chi connectivity index (χ3n) is 2.60. The minimum absolute atomic E-state index is 0.188. The molecule has 0 saturated heterocycles. The number of alkyl halides is 3. The van der Waals surface area contributed by atoms with E-state index in [1.807, 2.05) is 0 Å². The van der Waals surface area contributed by atoms with Crippen LogP contribution in [0.25, 0.3) is 0 Å². The molecular weight excluding hydrogens is 343 g/mol. The number of carbonyl (C=O) groups is 1. The van der Waals surface area contributed by atoms with E-state index < -0.39 is 24.6 Å². The summed E-state index contributed by atoms with van der Waals surface area (Å²) in [5.74, 6) is -4.37. The van der Waals surface area contributed by atoms with Gasteiger partial charge in [-0.15, -0.1) is 0 Å². The van der Waals surface area contributed by atoms with E-state index >= 15 is 0 Å². The highest BCUT2D eigenvalue weighted by molar-refractivity contribution is 9.10. The van der Waals surface area contributed by atoms with Crippen molar-refractivity contribution in [2.24, 2.45) is 5.92 Å². The normalized spacial score (nSPS) is 13.1. The second-order valence-electron chi connectivity index (χ2n) is 4.01. The summed E-state index contributed by atoms with van der Waals surface area (Å²) in [7, 11) is 1.46. The van der Waals surface area contributed by atoms with Crippen LogP contribution in [-0.4, -0.2) is 30.9 Å². The maximum atomic E-state index is 12.5. The number of ether oxygens (including phenoxy) is 1. The first kappa shape index (κ1) is 16.8.